The van der Waals surface area contributed by atoms with Crippen LogP contribution in [-0.2, 0) is 0 Å². The van der Waals surface area contributed by atoms with Crippen molar-refractivity contribution in [2.75, 3.05) is 0 Å². The number of halogens is 2. The van der Waals surface area contributed by atoms with Gasteiger partial charge in [0.05, 0.1) is 5.52 Å². The molecule has 11 heavy (non-hydrogen) atoms. The monoisotopic (exact) mass is 278 g/mol. The molecule has 0 unspecified atom stereocenters. The fourth-order valence-corrected chi connectivity index (χ4v) is 1.70. The van der Waals surface area contributed by atoms with Crippen molar-refractivity contribution in [3.8, 4) is 0 Å². The van der Waals surface area contributed by atoms with Crippen LogP contribution in [0.2, 0.25) is 5.15 Å². The van der Waals surface area contributed by atoms with Gasteiger partial charge in [0, 0.05) is 21.4 Å². The van der Waals surface area contributed by atoms with Gasteiger partial charge in [-0.1, -0.05) is 11.6 Å². The molecule has 56 valence electrons. The standard InChI is InChI=1S/C7H4ClIN2/c8-7-1-6-4(2-11-7)5(9)3-10-6/h1-3,10H. The lowest BCUT2D eigenvalue weighted by atomic mass is 10.3. The smallest absolute Gasteiger partial charge is 0.131 e. The number of nitrogens with zero attached hydrogens (tertiary/aromatic N) is 1. The Labute approximate surface area is 82.1 Å². The second-order valence-corrected chi connectivity index (χ2v) is 3.74. The highest BCUT2D eigenvalue weighted by Gasteiger charge is 2.00. The second kappa shape index (κ2) is 2.64. The van der Waals surface area contributed by atoms with Gasteiger partial charge in [0.2, 0.25) is 0 Å². The minimum atomic E-state index is 0.524. The molecule has 0 aliphatic rings. The molecular formula is C7H4ClIN2. The van der Waals surface area contributed by atoms with E-state index in [1.54, 1.807) is 6.20 Å². The number of fused-ring (bicyclic) bond motifs is 1. The molecule has 0 fully saturated rings. The van der Waals surface area contributed by atoms with Crippen molar-refractivity contribution in [2.24, 2.45) is 0 Å². The first-order chi connectivity index (χ1) is 5.27. The minimum absolute atomic E-state index is 0.524. The van der Waals surface area contributed by atoms with Crippen molar-refractivity contribution in [3.63, 3.8) is 0 Å². The van der Waals surface area contributed by atoms with Crippen molar-refractivity contribution in [1.29, 1.82) is 0 Å². The molecule has 2 heterocycles. The van der Waals surface area contributed by atoms with Gasteiger partial charge in [0.25, 0.3) is 0 Å². The number of aromatic amines is 1. The van der Waals surface area contributed by atoms with E-state index >= 15 is 0 Å². The van der Waals surface area contributed by atoms with Crippen LogP contribution in [0.1, 0.15) is 0 Å². The molecule has 0 aliphatic carbocycles. The first-order valence-electron chi connectivity index (χ1n) is 3.05. The van der Waals surface area contributed by atoms with Gasteiger partial charge >= 0.3 is 0 Å². The van der Waals surface area contributed by atoms with Crippen LogP contribution >= 0.6 is 34.2 Å². The number of H-pyrrole nitrogens is 1. The zero-order valence-electron chi connectivity index (χ0n) is 5.44. The lowest BCUT2D eigenvalue weighted by Crippen LogP contribution is -1.74. The van der Waals surface area contributed by atoms with Gasteiger partial charge in [-0.15, -0.1) is 0 Å². The number of hydrogen-bond donors (Lipinski definition) is 1. The van der Waals surface area contributed by atoms with E-state index in [0.29, 0.717) is 5.15 Å². The first kappa shape index (κ1) is 7.36. The molecule has 0 radical (unpaired) electrons. The summed E-state index contributed by atoms with van der Waals surface area (Å²) < 4.78 is 1.17. The largest absolute Gasteiger partial charge is 0.360 e. The van der Waals surface area contributed by atoms with Crippen molar-refractivity contribution in [1.82, 2.24) is 9.97 Å². The molecule has 0 saturated heterocycles. The maximum absolute atomic E-state index is 5.69. The van der Waals surface area contributed by atoms with Crippen molar-refractivity contribution >= 4 is 45.1 Å². The van der Waals surface area contributed by atoms with Crippen LogP contribution in [-0.4, -0.2) is 9.97 Å². The highest BCUT2D eigenvalue weighted by atomic mass is 127. The quantitative estimate of drug-likeness (QED) is 0.582. The SMILES string of the molecule is Clc1cc2[nH]cc(I)c2cn1. The van der Waals surface area contributed by atoms with Crippen LogP contribution < -0.4 is 0 Å². The molecular weight excluding hydrogens is 274 g/mol. The normalized spacial score (nSPS) is 10.7. The minimum Gasteiger partial charge on any atom is -0.360 e. The summed E-state index contributed by atoms with van der Waals surface area (Å²) in [6, 6.07) is 1.82. The predicted molar refractivity (Wildman–Crippen MR) is 53.8 cm³/mol. The highest BCUT2D eigenvalue weighted by molar-refractivity contribution is 14.1. The number of nitrogens with one attached hydrogen (secondary N) is 1. The maximum Gasteiger partial charge on any atom is 0.131 e. The van der Waals surface area contributed by atoms with Crippen LogP contribution in [0.5, 0.6) is 0 Å². The molecule has 0 bridgehead atoms. The molecule has 0 aliphatic heterocycles. The molecule has 0 atom stereocenters. The lowest BCUT2D eigenvalue weighted by molar-refractivity contribution is 1.35. The van der Waals surface area contributed by atoms with Crippen molar-refractivity contribution in [3.05, 3.63) is 27.2 Å². The number of pyridine rings is 1. The van der Waals surface area contributed by atoms with E-state index in [1.807, 2.05) is 12.3 Å². The summed E-state index contributed by atoms with van der Waals surface area (Å²) in [5.74, 6) is 0. The molecule has 2 nitrogen and oxygen atoms in total. The Morgan fingerprint density at radius 3 is 3.18 bits per heavy atom. The molecule has 0 saturated carbocycles. The summed E-state index contributed by atoms with van der Waals surface area (Å²) in [7, 11) is 0. The van der Waals surface area contributed by atoms with Gasteiger partial charge < -0.3 is 4.98 Å². The Morgan fingerprint density at radius 2 is 2.36 bits per heavy atom. The van der Waals surface area contributed by atoms with Gasteiger partial charge in [-0.05, 0) is 28.7 Å². The van der Waals surface area contributed by atoms with E-state index in [-0.39, 0.29) is 0 Å². The van der Waals surface area contributed by atoms with Crippen LogP contribution in [0.3, 0.4) is 0 Å². The average molecular weight is 278 g/mol. The molecule has 0 spiro atoms. The molecule has 0 aromatic carbocycles. The summed E-state index contributed by atoms with van der Waals surface area (Å²) in [5, 5.41) is 1.64. The lowest BCUT2D eigenvalue weighted by Gasteiger charge is -1.89. The molecule has 2 aromatic heterocycles. The highest BCUT2D eigenvalue weighted by Crippen LogP contribution is 2.20. The van der Waals surface area contributed by atoms with Crippen LogP contribution in [0, 0.1) is 3.57 Å². The van der Waals surface area contributed by atoms with Gasteiger partial charge in [-0.2, -0.15) is 0 Å². The second-order valence-electron chi connectivity index (χ2n) is 2.19. The predicted octanol–water partition coefficient (Wildman–Crippen LogP) is 2.82. The van der Waals surface area contributed by atoms with Crippen LogP contribution in [0.15, 0.2) is 18.5 Å². The molecule has 1 N–H and O–H groups in total. The Bertz CT molecular complexity index is 396. The van der Waals surface area contributed by atoms with Gasteiger partial charge in [0.15, 0.2) is 0 Å². The first-order valence-corrected chi connectivity index (χ1v) is 4.51. The van der Waals surface area contributed by atoms with E-state index in [0.717, 1.165) is 10.9 Å². The summed E-state index contributed by atoms with van der Waals surface area (Å²) in [4.78, 5) is 7.08. The number of rotatable bonds is 0. The molecule has 2 rings (SSSR count). The zero-order chi connectivity index (χ0) is 7.84. The Kier molecular flexibility index (Phi) is 1.77. The third-order valence-electron chi connectivity index (χ3n) is 1.48. The van der Waals surface area contributed by atoms with E-state index in [2.05, 4.69) is 32.6 Å². The number of aromatic nitrogens is 2. The van der Waals surface area contributed by atoms with Crippen LogP contribution in [0.25, 0.3) is 10.9 Å². The topological polar surface area (TPSA) is 28.7 Å². The fraction of sp³-hybridized carbons (Fsp3) is 0. The van der Waals surface area contributed by atoms with Crippen LogP contribution in [0.4, 0.5) is 0 Å². The average Bonchev–Trinajstić information content (AvgIpc) is 2.32. The van der Waals surface area contributed by atoms with E-state index < -0.39 is 0 Å². The van der Waals surface area contributed by atoms with Crippen molar-refractivity contribution < 1.29 is 0 Å². The van der Waals surface area contributed by atoms with E-state index in [4.69, 9.17) is 11.6 Å². The Balaban J connectivity index is 2.86. The summed E-state index contributed by atoms with van der Waals surface area (Å²) >= 11 is 7.95. The Hall–Kier alpha value is -0.290. The van der Waals surface area contributed by atoms with E-state index in [1.165, 1.54) is 3.57 Å². The maximum atomic E-state index is 5.69. The van der Waals surface area contributed by atoms with Gasteiger partial charge in [-0.25, -0.2) is 4.98 Å². The third-order valence-corrected chi connectivity index (χ3v) is 2.58. The number of hydrogen-bond acceptors (Lipinski definition) is 1. The fourth-order valence-electron chi connectivity index (χ4n) is 0.958. The summed E-state index contributed by atoms with van der Waals surface area (Å²) in [6.45, 7) is 0. The third kappa shape index (κ3) is 1.22. The molecule has 2 aromatic rings. The molecule has 0 amide bonds. The van der Waals surface area contributed by atoms with Crippen molar-refractivity contribution in [2.45, 2.75) is 0 Å². The van der Waals surface area contributed by atoms with Gasteiger partial charge in [0.1, 0.15) is 5.15 Å². The van der Waals surface area contributed by atoms with Gasteiger partial charge in [-0.3, -0.25) is 0 Å². The molecule has 4 heteroatoms. The summed E-state index contributed by atoms with van der Waals surface area (Å²) in [5.41, 5.74) is 1.04. The zero-order valence-corrected chi connectivity index (χ0v) is 8.35. The van der Waals surface area contributed by atoms with E-state index in [9.17, 15) is 0 Å². The Morgan fingerprint density at radius 1 is 1.55 bits per heavy atom. The summed E-state index contributed by atoms with van der Waals surface area (Å²) in [6.07, 6.45) is 3.71.